The van der Waals surface area contributed by atoms with E-state index < -0.39 is 0 Å². The van der Waals surface area contributed by atoms with Crippen LogP contribution in [0.3, 0.4) is 0 Å². The van der Waals surface area contributed by atoms with Gasteiger partial charge in [-0.25, -0.2) is 0 Å². The third-order valence-electron chi connectivity index (χ3n) is 4.16. The Bertz CT molecular complexity index is 657. The summed E-state index contributed by atoms with van der Waals surface area (Å²) in [7, 11) is 4.09. The number of hydrogen-bond acceptors (Lipinski definition) is 5. The minimum absolute atomic E-state index is 0.241. The predicted molar refractivity (Wildman–Crippen MR) is 94.9 cm³/mol. The summed E-state index contributed by atoms with van der Waals surface area (Å²) in [6.07, 6.45) is 5.06. The molecule has 0 N–H and O–H groups in total. The number of nitrogens with zero attached hydrogens (tertiary/aromatic N) is 4. The van der Waals surface area contributed by atoms with Crippen LogP contribution in [0.2, 0.25) is 0 Å². The lowest BCUT2D eigenvalue weighted by Crippen LogP contribution is -2.25. The van der Waals surface area contributed by atoms with Gasteiger partial charge in [-0.2, -0.15) is 0 Å². The predicted octanol–water partition coefficient (Wildman–Crippen LogP) is 2.50. The van der Waals surface area contributed by atoms with Crippen LogP contribution in [0.4, 0.5) is 0 Å². The fraction of sp³-hybridized carbons (Fsp3) is 0.474. The van der Waals surface area contributed by atoms with E-state index in [9.17, 15) is 0 Å². The molecule has 1 atom stereocenters. The van der Waals surface area contributed by atoms with Crippen LogP contribution in [0.15, 0.2) is 36.7 Å². The average molecular weight is 326 g/mol. The standard InChI is InChI=1S/C19H26N4O/c1-15-4-5-16(21-11-15)13-23-9-7-19(14-23)24-18-6-8-20-17(10-18)12-22(2)3/h4-6,8,10-11,19H,7,9,12-14H2,1-3H3. The Kier molecular flexibility index (Phi) is 5.43. The van der Waals surface area contributed by atoms with Crippen molar-refractivity contribution in [2.45, 2.75) is 32.5 Å². The van der Waals surface area contributed by atoms with E-state index in [1.165, 1.54) is 5.56 Å². The number of ether oxygens (including phenoxy) is 1. The molecule has 3 rings (SSSR count). The van der Waals surface area contributed by atoms with Gasteiger partial charge in [0.1, 0.15) is 11.9 Å². The molecule has 24 heavy (non-hydrogen) atoms. The summed E-state index contributed by atoms with van der Waals surface area (Å²) >= 11 is 0. The van der Waals surface area contributed by atoms with E-state index in [1.54, 1.807) is 0 Å². The molecule has 1 fully saturated rings. The Morgan fingerprint density at radius 1 is 1.21 bits per heavy atom. The van der Waals surface area contributed by atoms with E-state index in [4.69, 9.17) is 4.74 Å². The summed E-state index contributed by atoms with van der Waals surface area (Å²) < 4.78 is 6.16. The zero-order chi connectivity index (χ0) is 16.9. The molecule has 0 aliphatic carbocycles. The van der Waals surface area contributed by atoms with Crippen LogP contribution < -0.4 is 4.74 Å². The van der Waals surface area contributed by atoms with Gasteiger partial charge < -0.3 is 9.64 Å². The van der Waals surface area contributed by atoms with Gasteiger partial charge in [0, 0.05) is 44.6 Å². The van der Waals surface area contributed by atoms with Gasteiger partial charge in [0.2, 0.25) is 0 Å². The van der Waals surface area contributed by atoms with E-state index in [1.807, 2.05) is 38.6 Å². The van der Waals surface area contributed by atoms with Crippen LogP contribution in [-0.4, -0.2) is 53.1 Å². The highest BCUT2D eigenvalue weighted by atomic mass is 16.5. The molecule has 0 spiro atoms. The number of rotatable bonds is 6. The quantitative estimate of drug-likeness (QED) is 0.816. The van der Waals surface area contributed by atoms with Gasteiger partial charge in [0.05, 0.1) is 11.4 Å². The van der Waals surface area contributed by atoms with Crippen LogP contribution in [-0.2, 0) is 13.1 Å². The molecule has 1 saturated heterocycles. The maximum atomic E-state index is 6.16. The summed E-state index contributed by atoms with van der Waals surface area (Å²) in [5.74, 6) is 0.919. The highest BCUT2D eigenvalue weighted by Crippen LogP contribution is 2.20. The number of aromatic nitrogens is 2. The van der Waals surface area contributed by atoms with Gasteiger partial charge in [-0.3, -0.25) is 14.9 Å². The first-order valence-corrected chi connectivity index (χ1v) is 8.49. The monoisotopic (exact) mass is 326 g/mol. The van der Waals surface area contributed by atoms with Crippen LogP contribution in [0.25, 0.3) is 0 Å². The van der Waals surface area contributed by atoms with Crippen molar-refractivity contribution in [3.63, 3.8) is 0 Å². The second-order valence-electron chi connectivity index (χ2n) is 6.81. The Hall–Kier alpha value is -1.98. The molecule has 0 amide bonds. The lowest BCUT2D eigenvalue weighted by atomic mass is 10.2. The van der Waals surface area contributed by atoms with Gasteiger partial charge in [-0.05, 0) is 45.1 Å². The summed E-state index contributed by atoms with van der Waals surface area (Å²) in [6.45, 7) is 5.78. The van der Waals surface area contributed by atoms with Crippen molar-refractivity contribution in [1.29, 1.82) is 0 Å². The van der Waals surface area contributed by atoms with Crippen molar-refractivity contribution in [2.75, 3.05) is 27.2 Å². The van der Waals surface area contributed by atoms with E-state index in [0.29, 0.717) is 0 Å². The van der Waals surface area contributed by atoms with Gasteiger partial charge in [-0.1, -0.05) is 6.07 Å². The molecule has 0 aromatic carbocycles. The fourth-order valence-electron chi connectivity index (χ4n) is 2.99. The van der Waals surface area contributed by atoms with Crippen LogP contribution in [0.1, 0.15) is 23.4 Å². The molecule has 5 nitrogen and oxygen atoms in total. The molecule has 2 aromatic rings. The lowest BCUT2D eigenvalue weighted by molar-refractivity contribution is 0.197. The van der Waals surface area contributed by atoms with Crippen molar-refractivity contribution in [2.24, 2.45) is 0 Å². The van der Waals surface area contributed by atoms with Crippen LogP contribution in [0.5, 0.6) is 5.75 Å². The van der Waals surface area contributed by atoms with Crippen molar-refractivity contribution in [3.05, 3.63) is 53.6 Å². The first-order chi connectivity index (χ1) is 11.6. The van der Waals surface area contributed by atoms with E-state index >= 15 is 0 Å². The Labute approximate surface area is 144 Å². The average Bonchev–Trinajstić information content (AvgIpc) is 2.96. The number of pyridine rings is 2. The van der Waals surface area contributed by atoms with Crippen molar-refractivity contribution < 1.29 is 4.74 Å². The minimum atomic E-state index is 0.241. The third kappa shape index (κ3) is 4.76. The Morgan fingerprint density at radius 2 is 2.08 bits per heavy atom. The molecule has 5 heteroatoms. The molecule has 1 unspecified atom stereocenters. The molecule has 0 saturated carbocycles. The zero-order valence-electron chi connectivity index (χ0n) is 14.8. The number of likely N-dealkylation sites (tertiary alicyclic amines) is 1. The SMILES string of the molecule is Cc1ccc(CN2CCC(Oc3ccnc(CN(C)C)c3)C2)nc1. The fourth-order valence-corrected chi connectivity index (χ4v) is 2.99. The summed E-state index contributed by atoms with van der Waals surface area (Å²) in [4.78, 5) is 13.4. The molecule has 2 aromatic heterocycles. The molecule has 0 bridgehead atoms. The Morgan fingerprint density at radius 3 is 2.83 bits per heavy atom. The number of hydrogen-bond donors (Lipinski definition) is 0. The molecular weight excluding hydrogens is 300 g/mol. The molecule has 0 radical (unpaired) electrons. The summed E-state index contributed by atoms with van der Waals surface area (Å²) in [5.41, 5.74) is 3.36. The van der Waals surface area contributed by atoms with E-state index in [-0.39, 0.29) is 6.10 Å². The van der Waals surface area contributed by atoms with E-state index in [2.05, 4.69) is 38.8 Å². The first-order valence-electron chi connectivity index (χ1n) is 8.49. The summed E-state index contributed by atoms with van der Waals surface area (Å²) in [5, 5.41) is 0. The second-order valence-corrected chi connectivity index (χ2v) is 6.81. The largest absolute Gasteiger partial charge is 0.489 e. The first kappa shape index (κ1) is 16.9. The van der Waals surface area contributed by atoms with Crippen molar-refractivity contribution in [1.82, 2.24) is 19.8 Å². The lowest BCUT2D eigenvalue weighted by Gasteiger charge is -2.17. The maximum absolute atomic E-state index is 6.16. The van der Waals surface area contributed by atoms with Crippen molar-refractivity contribution in [3.8, 4) is 5.75 Å². The Balaban J connectivity index is 1.53. The molecule has 128 valence electrons. The minimum Gasteiger partial charge on any atom is -0.489 e. The van der Waals surface area contributed by atoms with Gasteiger partial charge in [-0.15, -0.1) is 0 Å². The smallest absolute Gasteiger partial charge is 0.123 e. The van der Waals surface area contributed by atoms with Crippen molar-refractivity contribution >= 4 is 0 Å². The highest BCUT2D eigenvalue weighted by molar-refractivity contribution is 5.23. The van der Waals surface area contributed by atoms with Gasteiger partial charge >= 0.3 is 0 Å². The normalized spacial score (nSPS) is 18.2. The third-order valence-corrected chi connectivity index (χ3v) is 4.16. The molecule has 3 heterocycles. The summed E-state index contributed by atoms with van der Waals surface area (Å²) in [6, 6.07) is 8.23. The topological polar surface area (TPSA) is 41.5 Å². The van der Waals surface area contributed by atoms with Gasteiger partial charge in [0.15, 0.2) is 0 Å². The molecule has 1 aliphatic rings. The second kappa shape index (κ2) is 7.73. The highest BCUT2D eigenvalue weighted by Gasteiger charge is 2.24. The molecule has 1 aliphatic heterocycles. The zero-order valence-corrected chi connectivity index (χ0v) is 14.8. The van der Waals surface area contributed by atoms with Gasteiger partial charge in [0.25, 0.3) is 0 Å². The van der Waals surface area contributed by atoms with E-state index in [0.717, 1.165) is 49.7 Å². The van der Waals surface area contributed by atoms with Crippen LogP contribution >= 0.6 is 0 Å². The maximum Gasteiger partial charge on any atom is 0.123 e. The number of aryl methyl sites for hydroxylation is 1. The molecular formula is C19H26N4O. The van der Waals surface area contributed by atoms with Crippen LogP contribution in [0, 0.1) is 6.92 Å².